The Morgan fingerprint density at radius 2 is 2.08 bits per heavy atom. The fourth-order valence-electron chi connectivity index (χ4n) is 2.39. The quantitative estimate of drug-likeness (QED) is 0.387. The molecule has 0 bridgehead atoms. The number of thioether (sulfide) groups is 1. The van der Waals surface area contributed by atoms with E-state index in [9.17, 15) is 14.9 Å². The number of benzene rings is 2. The predicted molar refractivity (Wildman–Crippen MR) is 103 cm³/mol. The van der Waals surface area contributed by atoms with Crippen molar-refractivity contribution < 1.29 is 14.5 Å². The van der Waals surface area contributed by atoms with Gasteiger partial charge in [0, 0.05) is 11.0 Å². The summed E-state index contributed by atoms with van der Waals surface area (Å²) in [6.45, 7) is 0. The number of fused-ring (bicyclic) bond motifs is 1. The number of rotatable bonds is 6. The van der Waals surface area contributed by atoms with Crippen LogP contribution in [0, 0.1) is 10.1 Å². The molecule has 3 rings (SSSR count). The molecular formula is C17H15N3O4S2. The van der Waals surface area contributed by atoms with Crippen molar-refractivity contribution in [1.82, 2.24) is 4.98 Å². The van der Waals surface area contributed by atoms with Crippen LogP contribution in [0.1, 0.15) is 5.56 Å². The lowest BCUT2D eigenvalue weighted by atomic mass is 10.1. The van der Waals surface area contributed by atoms with Crippen molar-refractivity contribution in [3.63, 3.8) is 0 Å². The van der Waals surface area contributed by atoms with Crippen LogP contribution in [0.3, 0.4) is 0 Å². The molecule has 1 aromatic heterocycles. The number of thiazole rings is 1. The second kappa shape index (κ2) is 7.71. The maximum atomic E-state index is 12.3. The summed E-state index contributed by atoms with van der Waals surface area (Å²) in [7, 11) is 1.42. The van der Waals surface area contributed by atoms with Gasteiger partial charge in [0.2, 0.25) is 5.91 Å². The lowest BCUT2D eigenvalue weighted by Gasteiger charge is -2.03. The summed E-state index contributed by atoms with van der Waals surface area (Å²) < 4.78 is 5.76. The van der Waals surface area contributed by atoms with E-state index >= 15 is 0 Å². The Hall–Kier alpha value is -2.65. The van der Waals surface area contributed by atoms with Crippen LogP contribution in [0.25, 0.3) is 10.2 Å². The fourth-order valence-corrected chi connectivity index (χ4v) is 3.73. The summed E-state index contributed by atoms with van der Waals surface area (Å²) in [4.78, 5) is 28.2. The second-order valence-electron chi connectivity index (χ2n) is 5.34. The molecule has 0 atom stereocenters. The van der Waals surface area contributed by atoms with Gasteiger partial charge in [-0.3, -0.25) is 14.9 Å². The molecule has 1 heterocycles. The van der Waals surface area contributed by atoms with Gasteiger partial charge in [-0.1, -0.05) is 23.5 Å². The monoisotopic (exact) mass is 389 g/mol. The minimum Gasteiger partial charge on any atom is -0.494 e. The van der Waals surface area contributed by atoms with Gasteiger partial charge in [0.25, 0.3) is 5.69 Å². The Morgan fingerprint density at radius 3 is 2.69 bits per heavy atom. The molecule has 0 aliphatic rings. The number of ether oxygens (including phenoxy) is 1. The molecule has 0 radical (unpaired) electrons. The number of nitrogens with one attached hydrogen (secondary N) is 1. The highest BCUT2D eigenvalue weighted by Gasteiger charge is 2.17. The Bertz CT molecular complexity index is 970. The molecule has 0 unspecified atom stereocenters. The summed E-state index contributed by atoms with van der Waals surface area (Å²) >= 11 is 2.81. The molecule has 26 heavy (non-hydrogen) atoms. The summed E-state index contributed by atoms with van der Waals surface area (Å²) in [5, 5.41) is 14.1. The van der Waals surface area contributed by atoms with Crippen molar-refractivity contribution in [3.05, 3.63) is 52.1 Å². The molecule has 0 aliphatic carbocycles. The van der Waals surface area contributed by atoms with Crippen LogP contribution in [0.5, 0.6) is 5.75 Å². The van der Waals surface area contributed by atoms with Crippen LogP contribution in [-0.4, -0.2) is 29.2 Å². The summed E-state index contributed by atoms with van der Waals surface area (Å²) in [5.74, 6) is 0.105. The van der Waals surface area contributed by atoms with Gasteiger partial charge in [-0.2, -0.15) is 0 Å². The SMILES string of the molecule is COc1cc([N+](=O)[O-])cc2sc(NC(=O)Cc3ccc(SC)cc3)nc12. The average Bonchev–Trinajstić information content (AvgIpc) is 3.03. The number of anilines is 1. The maximum absolute atomic E-state index is 12.3. The number of amides is 1. The number of nitro groups is 1. The molecule has 9 heteroatoms. The number of aromatic nitrogens is 1. The molecule has 1 amide bonds. The first kappa shape index (κ1) is 18.2. The number of nitrogens with zero attached hydrogens (tertiary/aromatic N) is 2. The standard InChI is InChI=1S/C17H15N3O4S2/c1-24-13-8-11(20(22)23)9-14-16(13)19-17(26-14)18-15(21)7-10-3-5-12(25-2)6-4-10/h3-6,8-9H,7H2,1-2H3,(H,18,19,21). The second-order valence-corrected chi connectivity index (χ2v) is 7.25. The van der Waals surface area contributed by atoms with Crippen molar-refractivity contribution in [1.29, 1.82) is 0 Å². The third-order valence-corrected chi connectivity index (χ3v) is 5.31. The molecular weight excluding hydrogens is 374 g/mol. The molecule has 3 aromatic rings. The average molecular weight is 389 g/mol. The number of hydrogen-bond donors (Lipinski definition) is 1. The van der Waals surface area contributed by atoms with E-state index < -0.39 is 4.92 Å². The lowest BCUT2D eigenvalue weighted by molar-refractivity contribution is -0.384. The van der Waals surface area contributed by atoms with E-state index in [4.69, 9.17) is 4.74 Å². The Kier molecular flexibility index (Phi) is 5.38. The molecule has 2 aromatic carbocycles. The molecule has 7 nitrogen and oxygen atoms in total. The molecule has 1 N–H and O–H groups in total. The third-order valence-electron chi connectivity index (χ3n) is 3.65. The van der Waals surface area contributed by atoms with Gasteiger partial charge in [0.1, 0.15) is 5.52 Å². The highest BCUT2D eigenvalue weighted by molar-refractivity contribution is 7.98. The van der Waals surface area contributed by atoms with Crippen LogP contribution in [0.4, 0.5) is 10.8 Å². The largest absolute Gasteiger partial charge is 0.494 e. The van der Waals surface area contributed by atoms with Crippen molar-refractivity contribution in [3.8, 4) is 5.75 Å². The highest BCUT2D eigenvalue weighted by Crippen LogP contribution is 2.36. The van der Waals surface area contributed by atoms with Crippen LogP contribution in [0.15, 0.2) is 41.3 Å². The number of carbonyl (C=O) groups excluding carboxylic acids is 1. The van der Waals surface area contributed by atoms with Crippen LogP contribution in [-0.2, 0) is 11.2 Å². The van der Waals surface area contributed by atoms with Crippen LogP contribution < -0.4 is 10.1 Å². The maximum Gasteiger partial charge on any atom is 0.274 e. The minimum atomic E-state index is -0.488. The third kappa shape index (κ3) is 3.94. The van der Waals surface area contributed by atoms with E-state index in [1.165, 1.54) is 30.6 Å². The van der Waals surface area contributed by atoms with Crippen molar-refractivity contribution in [2.24, 2.45) is 0 Å². The molecule has 0 spiro atoms. The van der Waals surface area contributed by atoms with Crippen molar-refractivity contribution in [2.75, 3.05) is 18.7 Å². The first-order chi connectivity index (χ1) is 12.5. The van der Waals surface area contributed by atoms with E-state index in [2.05, 4.69) is 10.3 Å². The summed E-state index contributed by atoms with van der Waals surface area (Å²) in [5.41, 5.74) is 1.31. The number of carbonyl (C=O) groups is 1. The van der Waals surface area contributed by atoms with Gasteiger partial charge in [-0.15, -0.1) is 11.8 Å². The van der Waals surface area contributed by atoms with E-state index in [0.29, 0.717) is 21.1 Å². The zero-order chi connectivity index (χ0) is 18.7. The zero-order valence-corrected chi connectivity index (χ0v) is 15.6. The summed E-state index contributed by atoms with van der Waals surface area (Å²) in [6, 6.07) is 10.5. The molecule has 134 valence electrons. The minimum absolute atomic E-state index is 0.0789. The topological polar surface area (TPSA) is 94.4 Å². The smallest absolute Gasteiger partial charge is 0.274 e. The van der Waals surface area contributed by atoms with E-state index in [1.807, 2.05) is 30.5 Å². The summed E-state index contributed by atoms with van der Waals surface area (Å²) in [6.07, 6.45) is 2.22. The van der Waals surface area contributed by atoms with Gasteiger partial charge in [-0.05, 0) is 24.0 Å². The number of non-ortho nitro benzene ring substituents is 1. The van der Waals surface area contributed by atoms with Crippen LogP contribution in [0.2, 0.25) is 0 Å². The fraction of sp³-hybridized carbons (Fsp3) is 0.176. The van der Waals surface area contributed by atoms with Gasteiger partial charge in [0.15, 0.2) is 10.9 Å². The van der Waals surface area contributed by atoms with Gasteiger partial charge >= 0.3 is 0 Å². The molecule has 0 aliphatic heterocycles. The van der Waals surface area contributed by atoms with Gasteiger partial charge in [-0.25, -0.2) is 4.98 Å². The van der Waals surface area contributed by atoms with E-state index in [-0.39, 0.29) is 18.0 Å². The Balaban J connectivity index is 1.79. The molecule has 0 saturated carbocycles. The van der Waals surface area contributed by atoms with E-state index in [0.717, 1.165) is 10.5 Å². The first-order valence-electron chi connectivity index (χ1n) is 7.56. The van der Waals surface area contributed by atoms with E-state index in [1.54, 1.807) is 11.8 Å². The number of methoxy groups -OCH3 is 1. The van der Waals surface area contributed by atoms with Crippen molar-refractivity contribution >= 4 is 50.0 Å². The Morgan fingerprint density at radius 1 is 1.35 bits per heavy atom. The highest BCUT2D eigenvalue weighted by atomic mass is 32.2. The lowest BCUT2D eigenvalue weighted by Crippen LogP contribution is -2.14. The van der Waals surface area contributed by atoms with Gasteiger partial charge in [0.05, 0.1) is 29.2 Å². The zero-order valence-electron chi connectivity index (χ0n) is 14.0. The Labute approximate surface area is 157 Å². The van der Waals surface area contributed by atoms with Gasteiger partial charge < -0.3 is 10.1 Å². The molecule has 0 fully saturated rings. The first-order valence-corrected chi connectivity index (χ1v) is 9.60. The van der Waals surface area contributed by atoms with Crippen LogP contribution >= 0.6 is 23.1 Å². The number of nitro benzene ring substituents is 1. The molecule has 0 saturated heterocycles. The predicted octanol–water partition coefficient (Wildman–Crippen LogP) is 4.12. The van der Waals surface area contributed by atoms with Crippen molar-refractivity contribution in [2.45, 2.75) is 11.3 Å². The normalized spacial score (nSPS) is 10.7. The number of hydrogen-bond acceptors (Lipinski definition) is 7.